The number of rotatable bonds is 1. The number of carbonyl (C=O) groups excluding carboxylic acids is 1. The second kappa shape index (κ2) is 11.3. The minimum atomic E-state index is -1.10. The number of fused-ring (bicyclic) bond motifs is 11. The van der Waals surface area contributed by atoms with Gasteiger partial charge < -0.3 is 54.3 Å². The number of hydrogen-bond donors (Lipinski definition) is 6. The molecule has 12 nitrogen and oxygen atoms in total. The van der Waals surface area contributed by atoms with E-state index in [1.807, 2.05) is 0 Å². The monoisotopic (exact) mass is 800 g/mol. The number of aromatic hydroxyl groups is 3. The van der Waals surface area contributed by atoms with Gasteiger partial charge in [0.15, 0.2) is 17.1 Å². The molecule has 2 aromatic carbocycles. The Morgan fingerprint density at radius 2 is 1.60 bits per heavy atom. The van der Waals surface area contributed by atoms with Gasteiger partial charge in [-0.05, 0) is 102 Å². The molecule has 5 aliphatic heterocycles. The maximum Gasteiger partial charge on any atom is 0.334 e. The van der Waals surface area contributed by atoms with Crippen LogP contribution in [0.1, 0.15) is 103 Å². The van der Waals surface area contributed by atoms with Gasteiger partial charge in [0.05, 0.1) is 12.2 Å². The minimum Gasteiger partial charge on any atom is -0.508 e. The van der Waals surface area contributed by atoms with E-state index in [1.165, 1.54) is 31.0 Å². The van der Waals surface area contributed by atoms with Gasteiger partial charge in [0.25, 0.3) is 0 Å². The topological polar surface area (TPSA) is 194 Å². The van der Waals surface area contributed by atoms with E-state index < -0.39 is 28.5 Å². The fourth-order valence-electron chi connectivity index (χ4n) is 14.3. The zero-order valence-electron chi connectivity index (χ0n) is 34.1. The van der Waals surface area contributed by atoms with Crippen molar-refractivity contribution in [1.29, 1.82) is 0 Å². The van der Waals surface area contributed by atoms with Crippen LogP contribution in [0.3, 0.4) is 0 Å². The molecule has 7 fully saturated rings. The third-order valence-corrected chi connectivity index (χ3v) is 18.2. The predicted molar refractivity (Wildman–Crippen MR) is 206 cm³/mol. The van der Waals surface area contributed by atoms with E-state index in [0.29, 0.717) is 24.2 Å². The van der Waals surface area contributed by atoms with Crippen LogP contribution in [-0.4, -0.2) is 103 Å². The van der Waals surface area contributed by atoms with Crippen molar-refractivity contribution < 1.29 is 59.1 Å². The molecule has 4 saturated carbocycles. The Hall–Kier alpha value is -3.39. The smallest absolute Gasteiger partial charge is 0.334 e. The number of phenolic OH excluding ortho intramolecular Hbond substituents is 3. The molecular formula is C46H56O12. The zero-order valence-corrected chi connectivity index (χ0v) is 34.1. The summed E-state index contributed by atoms with van der Waals surface area (Å²) in [6.45, 7) is 13.9. The number of benzene rings is 2. The van der Waals surface area contributed by atoms with Crippen LogP contribution < -0.4 is 4.74 Å². The average molecular weight is 801 g/mol. The van der Waals surface area contributed by atoms with Crippen LogP contribution in [0, 0.1) is 34.0 Å². The normalized spacial score (nSPS) is 47.7. The maximum atomic E-state index is 12.1. The predicted octanol–water partition coefficient (Wildman–Crippen LogP) is 4.91. The van der Waals surface area contributed by atoms with E-state index in [-0.39, 0.29) is 82.8 Å². The highest BCUT2D eigenvalue weighted by molar-refractivity contribution is 5.92. The average Bonchev–Trinajstić information content (AvgIpc) is 4.10. The quantitative estimate of drug-likeness (QED) is 0.130. The third kappa shape index (κ3) is 4.25. The van der Waals surface area contributed by atoms with Crippen LogP contribution in [-0.2, 0) is 30.2 Å². The molecule has 14 atom stereocenters. The van der Waals surface area contributed by atoms with Crippen molar-refractivity contribution in [3.8, 4) is 23.0 Å². The molecule has 11 aliphatic rings. The van der Waals surface area contributed by atoms with Crippen molar-refractivity contribution in [1.82, 2.24) is 0 Å². The second-order valence-electron chi connectivity index (χ2n) is 20.8. The molecule has 6 aliphatic carbocycles. The fourth-order valence-corrected chi connectivity index (χ4v) is 14.3. The molecule has 0 aromatic heterocycles. The van der Waals surface area contributed by atoms with Gasteiger partial charge in [-0.1, -0.05) is 47.6 Å². The van der Waals surface area contributed by atoms with Gasteiger partial charge in [-0.15, -0.1) is 0 Å². The summed E-state index contributed by atoms with van der Waals surface area (Å²) in [6, 6.07) is 7.77. The lowest BCUT2D eigenvalue weighted by Crippen LogP contribution is -2.69. The van der Waals surface area contributed by atoms with E-state index in [2.05, 4.69) is 41.5 Å². The number of epoxide rings is 3. The van der Waals surface area contributed by atoms with E-state index in [1.54, 1.807) is 12.1 Å². The molecule has 312 valence electrons. The number of esters is 1. The van der Waals surface area contributed by atoms with E-state index in [4.69, 9.17) is 23.7 Å². The summed E-state index contributed by atoms with van der Waals surface area (Å²) in [6.07, 6.45) is 5.63. The number of aliphatic hydroxyl groups excluding tert-OH is 2. The Kier molecular flexibility index (Phi) is 7.32. The molecule has 2 bridgehead atoms. The molecule has 6 N–H and O–H groups in total. The molecule has 12 heteroatoms. The van der Waals surface area contributed by atoms with Crippen molar-refractivity contribution >= 4 is 5.97 Å². The summed E-state index contributed by atoms with van der Waals surface area (Å²) in [4.78, 5) is 12.1. The van der Waals surface area contributed by atoms with Gasteiger partial charge in [-0.3, -0.25) is 0 Å². The van der Waals surface area contributed by atoms with Crippen molar-refractivity contribution in [2.24, 2.45) is 34.0 Å². The van der Waals surface area contributed by atoms with Gasteiger partial charge in [0.1, 0.15) is 59.8 Å². The Labute approximate surface area is 338 Å². The van der Waals surface area contributed by atoms with Gasteiger partial charge in [-0.25, -0.2) is 4.79 Å². The van der Waals surface area contributed by atoms with Gasteiger partial charge in [0.2, 0.25) is 0 Å². The zero-order chi connectivity index (χ0) is 40.9. The number of hydrogen-bond acceptors (Lipinski definition) is 12. The minimum absolute atomic E-state index is 0.00808. The molecule has 58 heavy (non-hydrogen) atoms. The fraction of sp³-hybridized carbons (Fsp3) is 0.674. The molecule has 0 amide bonds. The molecule has 2 spiro atoms. The highest BCUT2D eigenvalue weighted by Gasteiger charge is 3.00. The van der Waals surface area contributed by atoms with Crippen LogP contribution in [0.25, 0.3) is 0 Å². The van der Waals surface area contributed by atoms with Crippen LogP contribution in [0.15, 0.2) is 41.5 Å². The third-order valence-electron chi connectivity index (χ3n) is 18.2. The van der Waals surface area contributed by atoms with Crippen LogP contribution in [0.2, 0.25) is 0 Å². The van der Waals surface area contributed by atoms with Gasteiger partial charge in [-0.2, -0.15) is 0 Å². The Morgan fingerprint density at radius 1 is 0.845 bits per heavy atom. The lowest BCUT2D eigenvalue weighted by Gasteiger charge is -2.53. The van der Waals surface area contributed by atoms with Crippen molar-refractivity contribution in [2.45, 2.75) is 145 Å². The summed E-state index contributed by atoms with van der Waals surface area (Å²) in [5, 5.41) is 61.1. The van der Waals surface area contributed by atoms with Crippen LogP contribution >= 0.6 is 0 Å². The summed E-state index contributed by atoms with van der Waals surface area (Å²) in [5.41, 5.74) is 2.07. The Morgan fingerprint density at radius 3 is 2.28 bits per heavy atom. The number of aliphatic hydroxyl groups is 3. The molecule has 0 unspecified atom stereocenters. The first-order valence-electron chi connectivity index (χ1n) is 21.3. The largest absolute Gasteiger partial charge is 0.508 e. The van der Waals surface area contributed by atoms with Gasteiger partial charge in [0, 0.05) is 35.0 Å². The van der Waals surface area contributed by atoms with E-state index >= 15 is 0 Å². The first kappa shape index (κ1) is 37.6. The maximum absolute atomic E-state index is 12.1. The van der Waals surface area contributed by atoms with Crippen LogP contribution in [0.4, 0.5) is 0 Å². The van der Waals surface area contributed by atoms with Crippen molar-refractivity contribution in [3.63, 3.8) is 0 Å². The molecule has 0 radical (unpaired) electrons. The van der Waals surface area contributed by atoms with Crippen molar-refractivity contribution in [2.75, 3.05) is 13.2 Å². The summed E-state index contributed by atoms with van der Waals surface area (Å²) in [7, 11) is 0. The number of carbonyl (C=O) groups is 1. The van der Waals surface area contributed by atoms with Gasteiger partial charge >= 0.3 is 5.97 Å². The molecule has 3 saturated heterocycles. The number of cyclic esters (lactones) is 1. The SMILES string of the molecule is CC(C)[C@]12O[C@H]1[C@@H]1O[C@]13[C@]1(O[C@H]1C[C@H]1C4=C(CC[C@@]13C)C(=O)OC4)[C@@H]2O.CC1(C)[C@H]2CC[C@]1(C)[C@H](O)C2.Oc1ccc2c(c1)OC[C@]1(O)Cc3cc(O)c(O)cc3[C@H]21. The lowest BCUT2D eigenvalue weighted by atomic mass is 9.46. The Balaban J connectivity index is 0.000000108. The van der Waals surface area contributed by atoms with Crippen molar-refractivity contribution in [3.05, 3.63) is 58.2 Å². The summed E-state index contributed by atoms with van der Waals surface area (Å²) >= 11 is 0. The summed E-state index contributed by atoms with van der Waals surface area (Å²) < 4.78 is 29.9. The molecule has 2 aromatic rings. The van der Waals surface area contributed by atoms with E-state index in [0.717, 1.165) is 59.4 Å². The first-order chi connectivity index (χ1) is 27.3. The first-order valence-corrected chi connectivity index (χ1v) is 21.3. The molecular weight excluding hydrogens is 744 g/mol. The number of ether oxygens (including phenoxy) is 5. The summed E-state index contributed by atoms with van der Waals surface area (Å²) in [5.74, 6) is 0.973. The molecule has 5 heterocycles. The van der Waals surface area contributed by atoms with E-state index in [9.17, 15) is 35.4 Å². The molecule has 13 rings (SSSR count). The Bertz CT molecular complexity index is 2200. The highest BCUT2D eigenvalue weighted by atomic mass is 16.7. The second-order valence-corrected chi connectivity index (χ2v) is 20.8. The highest BCUT2D eigenvalue weighted by Crippen LogP contribution is 2.83. The van der Waals surface area contributed by atoms with Crippen LogP contribution in [0.5, 0.6) is 23.0 Å². The number of phenols is 3. The lowest BCUT2D eigenvalue weighted by molar-refractivity contribution is -0.136. The standard InChI is InChI=1S/C20H24O6.C16H14O5.C10H18O/c1-8(2)18-13(25-18)14-20(26-14)17(3)5-4-9-10(7-23-15(9)21)11(17)6-12-19(20,24-12)16(18)22;17-9-1-2-10-14(4-9)21-7-16(20)6-8-3-12(18)13(19)5-11(8)15(10)16;1-9(2)7-4-5-10(9,3)8(11)6-7/h8,11-14,16,22H,4-7H2,1-3H3;1-5,15,17-20H,6-7H2;7-8,11H,4-6H2,1-3H3/t11-,12-,13-,14-,16+,17-,18-,19+,20+;15-,16+;7-,8+,10+/m000/s1.